The van der Waals surface area contributed by atoms with Crippen LogP contribution in [0.1, 0.15) is 18.5 Å². The monoisotopic (exact) mass is 358 g/mol. The number of nitrogens with zero attached hydrogens (tertiary/aromatic N) is 2. The maximum absolute atomic E-state index is 12.1. The van der Waals surface area contributed by atoms with Gasteiger partial charge >= 0.3 is 12.0 Å². The summed E-state index contributed by atoms with van der Waals surface area (Å²) in [4.78, 5) is 21.6. The first-order chi connectivity index (χ1) is 10.4. The molecule has 0 saturated heterocycles. The fraction of sp³-hybridized carbons (Fsp3) is 0.545. The van der Waals surface area contributed by atoms with Crippen molar-refractivity contribution in [3.05, 3.63) is 27.9 Å². The van der Waals surface area contributed by atoms with Crippen molar-refractivity contribution in [1.82, 2.24) is 4.57 Å². The van der Waals surface area contributed by atoms with Gasteiger partial charge in [-0.15, -0.1) is 0 Å². The first kappa shape index (κ1) is 19.1. The summed E-state index contributed by atoms with van der Waals surface area (Å²) in [6.45, 7) is -1.25. The maximum Gasteiger partial charge on any atom is 0.389 e. The van der Waals surface area contributed by atoms with Crippen molar-refractivity contribution in [2.45, 2.75) is 32.2 Å². The molecular weight excluding hydrogens is 345 g/mol. The highest BCUT2D eigenvalue weighted by Gasteiger charge is 2.29. The predicted molar refractivity (Wildman–Crippen MR) is 71.0 cm³/mol. The van der Waals surface area contributed by atoms with Crippen molar-refractivity contribution in [3.8, 4) is 0 Å². The molecule has 12 heteroatoms. The molecule has 1 aromatic rings. The molecule has 1 heterocycles. The Morgan fingerprint density at radius 1 is 1.39 bits per heavy atom. The smallest absolute Gasteiger partial charge is 0.358 e. The van der Waals surface area contributed by atoms with Crippen LogP contribution in [-0.4, -0.2) is 36.1 Å². The molecule has 0 N–H and O–H groups in total. The number of hydrogen-bond donors (Lipinski definition) is 0. The zero-order valence-corrected chi connectivity index (χ0v) is 12.7. The van der Waals surface area contributed by atoms with E-state index in [4.69, 9.17) is 0 Å². The maximum atomic E-state index is 12.1. The van der Waals surface area contributed by atoms with Crippen LogP contribution < -0.4 is 0 Å². The van der Waals surface area contributed by atoms with Gasteiger partial charge in [0.1, 0.15) is 18.8 Å². The number of carbonyl (C=O) groups excluding carboxylic acids is 1. The lowest BCUT2D eigenvalue weighted by molar-refractivity contribution is -0.392. The molecule has 1 aromatic heterocycles. The van der Waals surface area contributed by atoms with Crippen molar-refractivity contribution < 1.29 is 35.5 Å². The molecule has 0 radical (unpaired) electrons. The zero-order valence-electron chi connectivity index (χ0n) is 11.9. The van der Waals surface area contributed by atoms with E-state index in [1.807, 2.05) is 0 Å². The van der Waals surface area contributed by atoms with E-state index in [0.717, 1.165) is 16.9 Å². The predicted octanol–water partition coefficient (Wildman–Crippen LogP) is 1.78. The molecule has 23 heavy (non-hydrogen) atoms. The van der Waals surface area contributed by atoms with E-state index in [0.29, 0.717) is 0 Å². The SMILES string of the molecule is CS(=O)(=O)OCc1ccc([N+](=O)[O-])n1CC(=O)CCC(F)(F)F. The van der Waals surface area contributed by atoms with Crippen LogP contribution in [0.15, 0.2) is 12.1 Å². The third-order valence-corrected chi connectivity index (χ3v) is 3.22. The van der Waals surface area contributed by atoms with Gasteiger partial charge in [0.15, 0.2) is 5.78 Å². The molecule has 0 fully saturated rings. The van der Waals surface area contributed by atoms with Crippen LogP contribution in [0, 0.1) is 10.1 Å². The van der Waals surface area contributed by atoms with Crippen molar-refractivity contribution in [2.24, 2.45) is 0 Å². The van der Waals surface area contributed by atoms with Crippen LogP contribution in [0.3, 0.4) is 0 Å². The third-order valence-electron chi connectivity index (χ3n) is 2.68. The average molecular weight is 358 g/mol. The molecular formula is C11H13F3N2O6S. The molecule has 130 valence electrons. The van der Waals surface area contributed by atoms with Crippen LogP contribution in [0.25, 0.3) is 0 Å². The summed E-state index contributed by atoms with van der Waals surface area (Å²) in [5.41, 5.74) is -0.0116. The number of Topliss-reactive ketones (excluding diaryl/α,β-unsaturated/α-hetero) is 1. The van der Waals surface area contributed by atoms with E-state index in [1.165, 1.54) is 6.07 Å². The number of carbonyl (C=O) groups is 1. The van der Waals surface area contributed by atoms with Gasteiger partial charge in [0, 0.05) is 12.5 Å². The van der Waals surface area contributed by atoms with Crippen LogP contribution in [0.4, 0.5) is 19.0 Å². The van der Waals surface area contributed by atoms with E-state index < -0.39 is 58.8 Å². The van der Waals surface area contributed by atoms with Gasteiger partial charge in [0.2, 0.25) is 0 Å². The minimum Gasteiger partial charge on any atom is -0.358 e. The fourth-order valence-corrected chi connectivity index (χ4v) is 2.00. The Labute approximate surface area is 129 Å². The summed E-state index contributed by atoms with van der Waals surface area (Å²) in [7, 11) is -3.82. The van der Waals surface area contributed by atoms with Crippen LogP contribution >= 0.6 is 0 Å². The number of halogens is 3. The van der Waals surface area contributed by atoms with Crippen molar-refractivity contribution in [3.63, 3.8) is 0 Å². The number of nitro groups is 1. The van der Waals surface area contributed by atoms with Crippen molar-refractivity contribution >= 4 is 21.7 Å². The molecule has 0 unspecified atom stereocenters. The second-order valence-corrected chi connectivity index (χ2v) is 6.29. The first-order valence-corrected chi connectivity index (χ1v) is 7.96. The van der Waals surface area contributed by atoms with Gasteiger partial charge in [-0.1, -0.05) is 0 Å². The van der Waals surface area contributed by atoms with Gasteiger partial charge in [-0.05, 0) is 11.0 Å². The van der Waals surface area contributed by atoms with Gasteiger partial charge < -0.3 is 10.1 Å². The third kappa shape index (κ3) is 6.78. The average Bonchev–Trinajstić information content (AvgIpc) is 2.75. The summed E-state index contributed by atoms with van der Waals surface area (Å²) >= 11 is 0. The molecule has 8 nitrogen and oxygen atoms in total. The Balaban J connectivity index is 2.91. The van der Waals surface area contributed by atoms with Gasteiger partial charge in [-0.2, -0.15) is 21.6 Å². The molecule has 0 aromatic carbocycles. The summed E-state index contributed by atoms with van der Waals surface area (Å²) in [6, 6.07) is 2.18. The first-order valence-electron chi connectivity index (χ1n) is 6.15. The Morgan fingerprint density at radius 2 is 2.00 bits per heavy atom. The lowest BCUT2D eigenvalue weighted by atomic mass is 10.2. The fourth-order valence-electron chi connectivity index (χ4n) is 1.67. The molecule has 0 bridgehead atoms. The second kappa shape index (κ2) is 7.08. The van der Waals surface area contributed by atoms with Gasteiger partial charge in [-0.3, -0.25) is 8.98 Å². The Bertz CT molecular complexity index is 695. The highest BCUT2D eigenvalue weighted by atomic mass is 32.2. The quantitative estimate of drug-likeness (QED) is 0.398. The number of rotatable bonds is 8. The second-order valence-electron chi connectivity index (χ2n) is 4.65. The standard InChI is InChI=1S/C11H13F3N2O6S/c1-23(20,21)22-7-8-2-3-10(16(18)19)15(8)6-9(17)4-5-11(12,13)14/h2-3H,4-7H2,1H3. The minimum absolute atomic E-state index is 0.0116. The van der Waals surface area contributed by atoms with Gasteiger partial charge in [0.05, 0.1) is 12.7 Å². The largest absolute Gasteiger partial charge is 0.389 e. The highest BCUT2D eigenvalue weighted by molar-refractivity contribution is 7.85. The van der Waals surface area contributed by atoms with Crippen LogP contribution in [0.5, 0.6) is 0 Å². The topological polar surface area (TPSA) is 109 Å². The molecule has 1 rings (SSSR count). The zero-order chi connectivity index (χ0) is 17.8. The molecule has 0 aliphatic carbocycles. The van der Waals surface area contributed by atoms with E-state index in [2.05, 4.69) is 4.18 Å². The van der Waals surface area contributed by atoms with E-state index >= 15 is 0 Å². The van der Waals surface area contributed by atoms with Gasteiger partial charge in [0.25, 0.3) is 10.1 Å². The van der Waals surface area contributed by atoms with Crippen molar-refractivity contribution in [2.75, 3.05) is 6.26 Å². The number of alkyl halides is 3. The summed E-state index contributed by atoms with van der Waals surface area (Å²) < 4.78 is 63.4. The van der Waals surface area contributed by atoms with E-state index in [-0.39, 0.29) is 5.69 Å². The highest BCUT2D eigenvalue weighted by Crippen LogP contribution is 2.23. The molecule has 0 spiro atoms. The molecule has 0 aliphatic heterocycles. The summed E-state index contributed by atoms with van der Waals surface area (Å²) in [5, 5.41) is 10.9. The summed E-state index contributed by atoms with van der Waals surface area (Å²) in [5.74, 6) is -1.42. The molecule has 0 aliphatic rings. The summed E-state index contributed by atoms with van der Waals surface area (Å²) in [6.07, 6.45) is -5.91. The molecule has 0 atom stereocenters. The van der Waals surface area contributed by atoms with Crippen molar-refractivity contribution in [1.29, 1.82) is 0 Å². The van der Waals surface area contributed by atoms with Gasteiger partial charge in [-0.25, -0.2) is 4.57 Å². The van der Waals surface area contributed by atoms with E-state index in [9.17, 15) is 36.5 Å². The minimum atomic E-state index is -4.51. The van der Waals surface area contributed by atoms with E-state index in [1.54, 1.807) is 0 Å². The Kier molecular flexibility index (Phi) is 5.88. The lowest BCUT2D eigenvalue weighted by Crippen LogP contribution is -2.18. The lowest BCUT2D eigenvalue weighted by Gasteiger charge is -2.07. The molecule has 0 saturated carbocycles. The number of aromatic nitrogens is 1. The Hall–Kier alpha value is -1.95. The number of ketones is 1. The molecule has 0 amide bonds. The van der Waals surface area contributed by atoms with Crippen LogP contribution in [0.2, 0.25) is 0 Å². The normalized spacial score (nSPS) is 12.3. The van der Waals surface area contributed by atoms with Crippen LogP contribution in [-0.2, 0) is 32.2 Å². The number of hydrogen-bond acceptors (Lipinski definition) is 6. The Morgan fingerprint density at radius 3 is 2.48 bits per heavy atom.